The molecule has 8 heteroatoms. The van der Waals surface area contributed by atoms with E-state index < -0.39 is 33.7 Å². The molecule has 130 valence electrons. The number of hydrogen-bond acceptors (Lipinski definition) is 5. The van der Waals surface area contributed by atoms with E-state index in [2.05, 4.69) is 0 Å². The number of aryl methyl sites for hydroxylation is 2. The molecule has 2 aromatic rings. The average Bonchev–Trinajstić information content (AvgIpc) is 2.52. The Hall–Kier alpha value is -2.03. The third-order valence-electron chi connectivity index (χ3n) is 3.46. The largest absolute Gasteiger partial charge is 0.505 e. The van der Waals surface area contributed by atoms with E-state index in [1.807, 2.05) is 0 Å². The molecule has 0 aromatic heterocycles. The molecule has 0 aliphatic carbocycles. The third-order valence-corrected chi connectivity index (χ3v) is 4.96. The van der Waals surface area contributed by atoms with Gasteiger partial charge in [-0.15, -0.1) is 0 Å². The number of nitrogens with two attached hydrogens (primary N) is 1. The van der Waals surface area contributed by atoms with E-state index in [9.17, 15) is 22.3 Å². The van der Waals surface area contributed by atoms with Gasteiger partial charge in [-0.25, -0.2) is 8.57 Å². The Balaban J connectivity index is 2.05. The second-order valence-corrected chi connectivity index (χ2v) is 6.80. The molecule has 24 heavy (non-hydrogen) atoms. The molecule has 0 aliphatic rings. The highest BCUT2D eigenvalue weighted by molar-refractivity contribution is 7.86. The predicted octanol–water partition coefficient (Wildman–Crippen LogP) is 2.60. The zero-order chi connectivity index (χ0) is 17.9. The topological polar surface area (TPSA) is 89.6 Å². The summed E-state index contributed by atoms with van der Waals surface area (Å²) < 4.78 is 55.5. The second-order valence-electron chi connectivity index (χ2n) is 5.26. The van der Waals surface area contributed by atoms with E-state index in [0.29, 0.717) is 5.56 Å². The Morgan fingerprint density at radius 3 is 2.54 bits per heavy atom. The summed E-state index contributed by atoms with van der Waals surface area (Å²) in [5, 5.41) is 9.52. The number of phenols is 1. The van der Waals surface area contributed by atoms with Gasteiger partial charge in [0, 0.05) is 0 Å². The van der Waals surface area contributed by atoms with E-state index >= 15 is 0 Å². The Kier molecular flexibility index (Phi) is 5.53. The molecule has 0 bridgehead atoms. The van der Waals surface area contributed by atoms with Gasteiger partial charge in [-0.2, -0.15) is 12.8 Å². The molecule has 0 spiro atoms. The molecular weight excluding hydrogens is 340 g/mol. The van der Waals surface area contributed by atoms with E-state index in [4.69, 9.17) is 9.92 Å². The van der Waals surface area contributed by atoms with Crippen LogP contribution in [0.4, 0.5) is 8.78 Å². The van der Waals surface area contributed by atoms with Gasteiger partial charge >= 0.3 is 0 Å². The van der Waals surface area contributed by atoms with Gasteiger partial charge in [0.15, 0.2) is 11.6 Å². The van der Waals surface area contributed by atoms with E-state index in [1.165, 1.54) is 12.1 Å². The molecule has 0 saturated heterocycles. The average molecular weight is 357 g/mol. The first-order valence-corrected chi connectivity index (χ1v) is 8.53. The Morgan fingerprint density at radius 1 is 1.21 bits per heavy atom. The maximum atomic E-state index is 13.3. The fourth-order valence-electron chi connectivity index (χ4n) is 2.18. The van der Waals surface area contributed by atoms with Crippen LogP contribution in [0.1, 0.15) is 17.5 Å². The van der Waals surface area contributed by atoms with Crippen LogP contribution in [0.3, 0.4) is 0 Å². The zero-order valence-corrected chi connectivity index (χ0v) is 13.7. The minimum atomic E-state index is -4.04. The third kappa shape index (κ3) is 4.08. The molecule has 0 aliphatic heterocycles. The van der Waals surface area contributed by atoms with Crippen molar-refractivity contribution in [2.45, 2.75) is 30.9 Å². The van der Waals surface area contributed by atoms with Crippen molar-refractivity contribution in [3.63, 3.8) is 0 Å². The second kappa shape index (κ2) is 7.25. The van der Waals surface area contributed by atoms with E-state index in [-0.39, 0.29) is 23.3 Å². The van der Waals surface area contributed by atoms with Gasteiger partial charge in [0.25, 0.3) is 10.1 Å². The van der Waals surface area contributed by atoms with Crippen LogP contribution >= 0.6 is 0 Å². The summed E-state index contributed by atoms with van der Waals surface area (Å²) in [6.07, 6.45) is -1.18. The Bertz CT molecular complexity index is 840. The van der Waals surface area contributed by atoms with Crippen LogP contribution in [0.5, 0.6) is 5.75 Å². The molecule has 0 heterocycles. The number of halogens is 2. The Labute approximate surface area is 138 Å². The van der Waals surface area contributed by atoms with Crippen molar-refractivity contribution in [1.82, 2.24) is 0 Å². The van der Waals surface area contributed by atoms with Gasteiger partial charge in [-0.3, -0.25) is 0 Å². The number of aromatic hydroxyl groups is 1. The van der Waals surface area contributed by atoms with Gasteiger partial charge < -0.3 is 10.8 Å². The lowest BCUT2D eigenvalue weighted by Gasteiger charge is -2.14. The molecule has 1 unspecified atom stereocenters. The molecule has 2 aromatic carbocycles. The molecule has 3 N–H and O–H groups in total. The van der Waals surface area contributed by atoms with Gasteiger partial charge in [0.05, 0.1) is 4.90 Å². The first-order chi connectivity index (χ1) is 11.2. The molecular formula is C16H17F2NO4S. The van der Waals surface area contributed by atoms with Crippen molar-refractivity contribution in [3.8, 4) is 5.75 Å². The maximum Gasteiger partial charge on any atom is 0.298 e. The van der Waals surface area contributed by atoms with E-state index in [0.717, 1.165) is 6.07 Å². The van der Waals surface area contributed by atoms with Crippen LogP contribution in [0.15, 0.2) is 41.3 Å². The number of benzene rings is 2. The van der Waals surface area contributed by atoms with E-state index in [1.54, 1.807) is 25.1 Å². The minimum absolute atomic E-state index is 0.0102. The lowest BCUT2D eigenvalue weighted by molar-refractivity contribution is 0.206. The van der Waals surface area contributed by atoms with Crippen molar-refractivity contribution < 1.29 is 26.5 Å². The summed E-state index contributed by atoms with van der Waals surface area (Å²) in [7, 11) is -4.04. The highest BCUT2D eigenvalue weighted by Crippen LogP contribution is 2.25. The molecule has 0 radical (unpaired) electrons. The van der Waals surface area contributed by atoms with Gasteiger partial charge in [-0.05, 0) is 43.0 Å². The zero-order valence-electron chi connectivity index (χ0n) is 12.9. The highest BCUT2D eigenvalue weighted by atomic mass is 32.2. The first kappa shape index (κ1) is 18.3. The lowest BCUT2D eigenvalue weighted by atomic mass is 10.1. The summed E-state index contributed by atoms with van der Waals surface area (Å²) in [6, 6.07) is 8.37. The number of hydrogen-bond donors (Lipinski definition) is 2. The standard InChI is InChI=1S/C16H17F2NO4S/c1-10-4-2-3-5-13(10)24(21,22)23-14(19)9-7-11-6-8-12(17)15(18)16(11)20/h2-6,8,14,20H,7,9,19H2,1H3. The SMILES string of the molecule is Cc1ccccc1S(=O)(=O)OC(N)CCc1ccc(F)c(F)c1O. The van der Waals surface area contributed by atoms with Crippen molar-refractivity contribution >= 4 is 10.1 Å². The minimum Gasteiger partial charge on any atom is -0.505 e. The highest BCUT2D eigenvalue weighted by Gasteiger charge is 2.22. The molecule has 2 rings (SSSR count). The summed E-state index contributed by atoms with van der Waals surface area (Å²) >= 11 is 0. The van der Waals surface area contributed by atoms with Crippen LogP contribution in [0, 0.1) is 18.6 Å². The summed E-state index contributed by atoms with van der Waals surface area (Å²) in [5.74, 6) is -3.34. The summed E-state index contributed by atoms with van der Waals surface area (Å²) in [6.45, 7) is 1.63. The normalized spacial score (nSPS) is 13.0. The van der Waals surface area contributed by atoms with Crippen LogP contribution in [-0.4, -0.2) is 19.8 Å². The van der Waals surface area contributed by atoms with Crippen LogP contribution < -0.4 is 5.73 Å². The molecule has 1 atom stereocenters. The van der Waals surface area contributed by atoms with Crippen LogP contribution in [-0.2, 0) is 20.7 Å². The molecule has 5 nitrogen and oxygen atoms in total. The predicted molar refractivity (Wildman–Crippen MR) is 83.8 cm³/mol. The van der Waals surface area contributed by atoms with Crippen molar-refractivity contribution in [1.29, 1.82) is 0 Å². The Morgan fingerprint density at radius 2 is 1.88 bits per heavy atom. The fourth-order valence-corrected chi connectivity index (χ4v) is 3.41. The van der Waals surface area contributed by atoms with Crippen molar-refractivity contribution in [2.75, 3.05) is 0 Å². The monoisotopic (exact) mass is 357 g/mol. The fraction of sp³-hybridized carbons (Fsp3) is 0.250. The van der Waals surface area contributed by atoms with Gasteiger partial charge in [-0.1, -0.05) is 24.3 Å². The van der Waals surface area contributed by atoms with Gasteiger partial charge in [0.2, 0.25) is 5.82 Å². The summed E-state index contributed by atoms with van der Waals surface area (Å²) in [4.78, 5) is 0.0103. The molecule has 0 fully saturated rings. The van der Waals surface area contributed by atoms with Crippen LogP contribution in [0.2, 0.25) is 0 Å². The molecule has 0 saturated carbocycles. The number of phenolic OH excluding ortho intramolecular Hbond substituents is 1. The van der Waals surface area contributed by atoms with Crippen molar-refractivity contribution in [2.24, 2.45) is 5.73 Å². The first-order valence-electron chi connectivity index (χ1n) is 7.12. The van der Waals surface area contributed by atoms with Gasteiger partial charge in [0.1, 0.15) is 6.23 Å². The number of rotatable bonds is 6. The lowest BCUT2D eigenvalue weighted by Crippen LogP contribution is -2.28. The molecule has 0 amide bonds. The summed E-state index contributed by atoms with van der Waals surface area (Å²) in [5.41, 5.74) is 6.29. The quantitative estimate of drug-likeness (QED) is 0.613. The smallest absolute Gasteiger partial charge is 0.298 e. The van der Waals surface area contributed by atoms with Crippen molar-refractivity contribution in [3.05, 3.63) is 59.2 Å². The maximum absolute atomic E-state index is 13.3. The van der Waals surface area contributed by atoms with Crippen LogP contribution in [0.25, 0.3) is 0 Å².